The highest BCUT2D eigenvalue weighted by Gasteiger charge is 2.19. The number of aromatic nitrogens is 1. The van der Waals surface area contributed by atoms with Crippen LogP contribution in [-0.4, -0.2) is 42.5 Å². The Labute approximate surface area is 168 Å². The van der Waals surface area contributed by atoms with Crippen LogP contribution in [0, 0.1) is 0 Å². The van der Waals surface area contributed by atoms with Crippen molar-refractivity contribution in [1.29, 1.82) is 0 Å². The van der Waals surface area contributed by atoms with Gasteiger partial charge in [0.05, 0.1) is 13.2 Å². The lowest BCUT2D eigenvalue weighted by Gasteiger charge is -2.25. The van der Waals surface area contributed by atoms with Crippen molar-refractivity contribution in [2.24, 2.45) is 0 Å². The summed E-state index contributed by atoms with van der Waals surface area (Å²) in [6, 6.07) is 19.4. The van der Waals surface area contributed by atoms with Crippen molar-refractivity contribution in [2.45, 2.75) is 13.2 Å². The smallest absolute Gasteiger partial charge is 0.410 e. The highest BCUT2D eigenvalue weighted by atomic mass is 16.6. The van der Waals surface area contributed by atoms with Crippen LogP contribution in [-0.2, 0) is 22.7 Å². The first kappa shape index (κ1) is 19.0. The Morgan fingerprint density at radius 1 is 1.00 bits per heavy atom. The molecule has 1 aliphatic rings. The number of carbonyl (C=O) groups is 1. The van der Waals surface area contributed by atoms with Crippen LogP contribution in [0.4, 0.5) is 4.79 Å². The van der Waals surface area contributed by atoms with Crippen LogP contribution < -0.4 is 4.74 Å². The molecule has 1 amide bonds. The van der Waals surface area contributed by atoms with E-state index in [1.807, 2.05) is 54.6 Å². The third kappa shape index (κ3) is 5.14. The van der Waals surface area contributed by atoms with E-state index < -0.39 is 0 Å². The molecule has 0 unspecified atom stereocenters. The van der Waals surface area contributed by atoms with Gasteiger partial charge in [0, 0.05) is 24.7 Å². The van der Waals surface area contributed by atoms with Crippen molar-refractivity contribution in [3.63, 3.8) is 0 Å². The van der Waals surface area contributed by atoms with E-state index in [1.165, 1.54) is 0 Å². The minimum Gasteiger partial charge on any atom is -0.489 e. The van der Waals surface area contributed by atoms with Crippen molar-refractivity contribution in [3.05, 3.63) is 72.0 Å². The molecule has 1 saturated heterocycles. The van der Waals surface area contributed by atoms with Gasteiger partial charge in [-0.25, -0.2) is 4.79 Å². The van der Waals surface area contributed by atoms with Gasteiger partial charge in [-0.2, -0.15) is 0 Å². The van der Waals surface area contributed by atoms with Gasteiger partial charge in [0.25, 0.3) is 0 Å². The molecule has 1 aliphatic heterocycles. The van der Waals surface area contributed by atoms with Gasteiger partial charge in [-0.05, 0) is 29.8 Å². The molecule has 0 atom stereocenters. The van der Waals surface area contributed by atoms with Gasteiger partial charge in [-0.15, -0.1) is 0 Å². The van der Waals surface area contributed by atoms with E-state index in [-0.39, 0.29) is 12.7 Å². The Morgan fingerprint density at radius 2 is 1.76 bits per heavy atom. The lowest BCUT2D eigenvalue weighted by atomic mass is 10.1. The van der Waals surface area contributed by atoms with Crippen molar-refractivity contribution in [1.82, 2.24) is 10.1 Å². The Morgan fingerprint density at radius 3 is 2.52 bits per heavy atom. The Balaban J connectivity index is 1.30. The van der Waals surface area contributed by atoms with Crippen molar-refractivity contribution in [3.8, 4) is 17.0 Å². The summed E-state index contributed by atoms with van der Waals surface area (Å²) in [5, 5.41) is 4.06. The minimum atomic E-state index is -0.369. The number of amides is 1. The van der Waals surface area contributed by atoms with Crippen molar-refractivity contribution >= 4 is 6.09 Å². The van der Waals surface area contributed by atoms with E-state index in [0.717, 1.165) is 16.9 Å². The number of benzene rings is 2. The maximum absolute atomic E-state index is 12.0. The number of rotatable bonds is 6. The van der Waals surface area contributed by atoms with E-state index in [0.29, 0.717) is 44.4 Å². The zero-order valence-electron chi connectivity index (χ0n) is 16.0. The molecule has 0 saturated carbocycles. The van der Waals surface area contributed by atoms with E-state index in [1.54, 1.807) is 11.0 Å². The van der Waals surface area contributed by atoms with Crippen LogP contribution >= 0.6 is 0 Å². The van der Waals surface area contributed by atoms with Crippen LogP contribution in [0.2, 0.25) is 0 Å². The molecule has 2 heterocycles. The standard InChI is InChI=1S/C22H22N2O5/c25-22(24-10-12-26-13-11-24)28-16-20-14-21(23-29-20)18-6-8-19(9-7-18)27-15-17-4-2-1-3-5-17/h1-9,14H,10-13,15-16H2. The summed E-state index contributed by atoms with van der Waals surface area (Å²) in [6.45, 7) is 2.71. The number of hydrogen-bond donors (Lipinski definition) is 0. The van der Waals surface area contributed by atoms with Crippen LogP contribution in [0.15, 0.2) is 65.2 Å². The zero-order chi connectivity index (χ0) is 19.9. The maximum atomic E-state index is 12.0. The predicted molar refractivity (Wildman–Crippen MR) is 105 cm³/mol. The predicted octanol–water partition coefficient (Wildman–Crippen LogP) is 3.89. The quantitative estimate of drug-likeness (QED) is 0.632. The van der Waals surface area contributed by atoms with Crippen LogP contribution in [0.3, 0.4) is 0 Å². The highest BCUT2D eigenvalue weighted by Crippen LogP contribution is 2.23. The summed E-state index contributed by atoms with van der Waals surface area (Å²) in [6.07, 6.45) is -0.369. The normalized spacial score (nSPS) is 13.9. The summed E-state index contributed by atoms with van der Waals surface area (Å²) in [5.41, 5.74) is 2.69. The molecule has 150 valence electrons. The average molecular weight is 394 g/mol. The van der Waals surface area contributed by atoms with Crippen LogP contribution in [0.5, 0.6) is 5.75 Å². The second kappa shape index (κ2) is 9.25. The lowest BCUT2D eigenvalue weighted by Crippen LogP contribution is -2.40. The topological polar surface area (TPSA) is 74.0 Å². The summed E-state index contributed by atoms with van der Waals surface area (Å²) in [7, 11) is 0. The molecule has 29 heavy (non-hydrogen) atoms. The van der Waals surface area contributed by atoms with Gasteiger partial charge < -0.3 is 23.6 Å². The SMILES string of the molecule is O=C(OCc1cc(-c2ccc(OCc3ccccc3)cc2)no1)N1CCOCC1. The van der Waals surface area contributed by atoms with Crippen LogP contribution in [0.1, 0.15) is 11.3 Å². The molecule has 1 fully saturated rings. The zero-order valence-corrected chi connectivity index (χ0v) is 16.0. The second-order valence-electron chi connectivity index (χ2n) is 6.63. The second-order valence-corrected chi connectivity index (χ2v) is 6.63. The lowest BCUT2D eigenvalue weighted by molar-refractivity contribution is 0.0227. The fourth-order valence-corrected chi connectivity index (χ4v) is 2.95. The molecule has 7 nitrogen and oxygen atoms in total. The fraction of sp³-hybridized carbons (Fsp3) is 0.273. The molecule has 1 aromatic heterocycles. The third-order valence-corrected chi connectivity index (χ3v) is 4.56. The van der Waals surface area contributed by atoms with Gasteiger partial charge in [-0.1, -0.05) is 35.5 Å². The van der Waals surface area contributed by atoms with Crippen LogP contribution in [0.25, 0.3) is 11.3 Å². The summed E-state index contributed by atoms with van der Waals surface area (Å²) in [5.74, 6) is 1.27. The van der Waals surface area contributed by atoms with Gasteiger partial charge in [-0.3, -0.25) is 0 Å². The fourth-order valence-electron chi connectivity index (χ4n) is 2.95. The first-order chi connectivity index (χ1) is 14.3. The Hall–Kier alpha value is -3.32. The minimum absolute atomic E-state index is 0.0431. The third-order valence-electron chi connectivity index (χ3n) is 4.56. The number of hydrogen-bond acceptors (Lipinski definition) is 6. The molecule has 0 bridgehead atoms. The van der Waals surface area contributed by atoms with Crippen molar-refractivity contribution in [2.75, 3.05) is 26.3 Å². The average Bonchev–Trinajstić information content (AvgIpc) is 3.27. The Bertz CT molecular complexity index is 918. The van der Waals surface area contributed by atoms with Gasteiger partial charge in [0.2, 0.25) is 0 Å². The molecule has 0 N–H and O–H groups in total. The number of morpholine rings is 1. The number of carbonyl (C=O) groups excluding carboxylic acids is 1. The highest BCUT2D eigenvalue weighted by molar-refractivity contribution is 5.67. The number of ether oxygens (including phenoxy) is 3. The number of nitrogens with zero attached hydrogens (tertiary/aromatic N) is 2. The first-order valence-electron chi connectivity index (χ1n) is 9.50. The van der Waals surface area contributed by atoms with E-state index in [9.17, 15) is 4.79 Å². The van der Waals surface area contributed by atoms with Crippen molar-refractivity contribution < 1.29 is 23.5 Å². The molecular weight excluding hydrogens is 372 g/mol. The van der Waals surface area contributed by atoms with E-state index in [4.69, 9.17) is 18.7 Å². The van der Waals surface area contributed by atoms with E-state index in [2.05, 4.69) is 5.16 Å². The molecule has 3 aromatic rings. The molecule has 7 heteroatoms. The molecule has 4 rings (SSSR count). The molecular formula is C22H22N2O5. The van der Waals surface area contributed by atoms with E-state index >= 15 is 0 Å². The molecule has 0 radical (unpaired) electrons. The summed E-state index contributed by atoms with van der Waals surface area (Å²) < 4.78 is 21.6. The molecule has 0 spiro atoms. The molecule has 2 aromatic carbocycles. The van der Waals surface area contributed by atoms with Gasteiger partial charge in [0.1, 0.15) is 18.1 Å². The Kier molecular flexibility index (Phi) is 6.07. The summed E-state index contributed by atoms with van der Waals surface area (Å²) >= 11 is 0. The van der Waals surface area contributed by atoms with Gasteiger partial charge in [0.15, 0.2) is 12.4 Å². The first-order valence-corrected chi connectivity index (χ1v) is 9.50. The maximum Gasteiger partial charge on any atom is 0.410 e. The molecule has 0 aliphatic carbocycles. The monoisotopic (exact) mass is 394 g/mol. The van der Waals surface area contributed by atoms with Gasteiger partial charge >= 0.3 is 6.09 Å². The summed E-state index contributed by atoms with van der Waals surface area (Å²) in [4.78, 5) is 13.6. The largest absolute Gasteiger partial charge is 0.489 e.